The fourth-order valence-corrected chi connectivity index (χ4v) is 4.87. The minimum Gasteiger partial charge on any atom is -0.370 e. The summed E-state index contributed by atoms with van der Waals surface area (Å²) in [5.74, 6) is 2.65. The maximum Gasteiger partial charge on any atom is 0.162 e. The minimum atomic E-state index is 0.513. The van der Waals surface area contributed by atoms with Crippen LogP contribution < -0.4 is 15.5 Å². The second-order valence-corrected chi connectivity index (χ2v) is 8.63. The number of piperazine rings is 1. The van der Waals surface area contributed by atoms with Crippen molar-refractivity contribution in [3.05, 3.63) is 78.5 Å². The van der Waals surface area contributed by atoms with E-state index in [2.05, 4.69) is 69.0 Å². The molecule has 6 nitrogen and oxygen atoms in total. The van der Waals surface area contributed by atoms with Crippen LogP contribution in [0.5, 0.6) is 0 Å². The number of hydrogen-bond donors (Lipinski definition) is 2. The van der Waals surface area contributed by atoms with Gasteiger partial charge in [-0.25, -0.2) is 15.0 Å². The highest BCUT2D eigenvalue weighted by atomic mass is 15.3. The summed E-state index contributed by atoms with van der Waals surface area (Å²) in [5.41, 5.74) is 3.28. The largest absolute Gasteiger partial charge is 0.370 e. The number of pyridine rings is 1. The molecule has 2 saturated heterocycles. The number of anilines is 2. The number of para-hydroxylation sites is 1. The lowest BCUT2D eigenvalue weighted by atomic mass is 10.1. The molecule has 2 unspecified atom stereocenters. The molecule has 2 atom stereocenters. The number of rotatable bonds is 6. The maximum absolute atomic E-state index is 5.07. The van der Waals surface area contributed by atoms with E-state index < -0.39 is 0 Å². The Balaban J connectivity index is 1.29. The molecule has 32 heavy (non-hydrogen) atoms. The van der Waals surface area contributed by atoms with E-state index in [4.69, 9.17) is 9.97 Å². The van der Waals surface area contributed by atoms with Gasteiger partial charge in [0.25, 0.3) is 0 Å². The average molecular weight is 423 g/mol. The molecule has 160 valence electrons. The van der Waals surface area contributed by atoms with Crippen LogP contribution in [0.4, 0.5) is 11.6 Å². The first-order valence-corrected chi connectivity index (χ1v) is 11.3. The third-order valence-electron chi connectivity index (χ3n) is 6.49. The van der Waals surface area contributed by atoms with Crippen molar-refractivity contribution in [1.82, 2.24) is 20.3 Å². The number of nitrogens with zero attached hydrogens (tertiary/aromatic N) is 4. The van der Waals surface area contributed by atoms with Crippen molar-refractivity contribution in [2.24, 2.45) is 0 Å². The maximum atomic E-state index is 5.07. The predicted molar refractivity (Wildman–Crippen MR) is 129 cm³/mol. The van der Waals surface area contributed by atoms with Crippen molar-refractivity contribution in [1.29, 1.82) is 0 Å². The van der Waals surface area contributed by atoms with Crippen LogP contribution in [-0.4, -0.2) is 46.7 Å². The van der Waals surface area contributed by atoms with Crippen LogP contribution in [0.2, 0.25) is 0 Å². The van der Waals surface area contributed by atoms with Gasteiger partial charge in [-0.3, -0.25) is 0 Å². The van der Waals surface area contributed by atoms with E-state index in [1.165, 1.54) is 12.0 Å². The molecule has 6 heteroatoms. The third kappa shape index (κ3) is 3.67. The molecule has 2 aromatic carbocycles. The fourth-order valence-electron chi connectivity index (χ4n) is 4.87. The molecule has 2 N–H and O–H groups in total. The van der Waals surface area contributed by atoms with Gasteiger partial charge in [0.15, 0.2) is 5.82 Å². The smallest absolute Gasteiger partial charge is 0.162 e. The van der Waals surface area contributed by atoms with Gasteiger partial charge in [-0.2, -0.15) is 0 Å². The first-order valence-electron chi connectivity index (χ1n) is 11.3. The summed E-state index contributed by atoms with van der Waals surface area (Å²) in [6.45, 7) is 2.87. The van der Waals surface area contributed by atoms with Crippen molar-refractivity contribution in [3.63, 3.8) is 0 Å². The van der Waals surface area contributed by atoms with Crippen molar-refractivity contribution >= 4 is 22.5 Å². The van der Waals surface area contributed by atoms with Gasteiger partial charge in [0.1, 0.15) is 11.6 Å². The molecule has 0 spiro atoms. The summed E-state index contributed by atoms with van der Waals surface area (Å²) in [4.78, 5) is 16.9. The summed E-state index contributed by atoms with van der Waals surface area (Å²) in [6, 6.07) is 24.0. The van der Waals surface area contributed by atoms with Crippen molar-refractivity contribution in [2.75, 3.05) is 29.9 Å². The number of nitrogens with one attached hydrogen (secondary N) is 2. The molecule has 0 radical (unpaired) electrons. The molecule has 2 aromatic heterocycles. The van der Waals surface area contributed by atoms with Gasteiger partial charge in [-0.15, -0.1) is 0 Å². The van der Waals surface area contributed by atoms with E-state index in [1.54, 1.807) is 0 Å². The molecule has 2 fully saturated rings. The lowest BCUT2D eigenvalue weighted by molar-refractivity contribution is 0.577. The molecule has 0 aliphatic carbocycles. The zero-order valence-electron chi connectivity index (χ0n) is 17.9. The Kier molecular flexibility index (Phi) is 4.92. The summed E-state index contributed by atoms with van der Waals surface area (Å²) >= 11 is 0. The molecule has 2 aliphatic heterocycles. The Labute approximate surface area is 187 Å². The Morgan fingerprint density at radius 3 is 2.72 bits per heavy atom. The van der Waals surface area contributed by atoms with Crippen LogP contribution in [0.3, 0.4) is 0 Å². The predicted octanol–water partition coefficient (Wildman–Crippen LogP) is 3.90. The van der Waals surface area contributed by atoms with E-state index >= 15 is 0 Å². The first-order chi connectivity index (χ1) is 15.8. The Morgan fingerprint density at radius 2 is 1.88 bits per heavy atom. The second-order valence-electron chi connectivity index (χ2n) is 8.63. The lowest BCUT2D eigenvalue weighted by Crippen LogP contribution is -2.44. The van der Waals surface area contributed by atoms with Crippen LogP contribution >= 0.6 is 0 Å². The van der Waals surface area contributed by atoms with Gasteiger partial charge in [0, 0.05) is 48.9 Å². The standard InChI is InChI=1S/C26H26N6/c1-2-6-18(7-3-1)10-12-27-24-14-19(11-13-28-24)25-30-23-9-5-4-8-22(23)26(31-25)32-17-20-15-21(32)16-29-20/h1-9,11,13-14,20-21,29H,10,12,15-17H2,(H,27,28). The normalized spacial score (nSPS) is 19.6. The Morgan fingerprint density at radius 1 is 1.00 bits per heavy atom. The van der Waals surface area contributed by atoms with Gasteiger partial charge in [-0.1, -0.05) is 42.5 Å². The average Bonchev–Trinajstić information content (AvgIpc) is 3.48. The first kappa shape index (κ1) is 19.2. The molecule has 4 aromatic rings. The van der Waals surface area contributed by atoms with E-state index in [9.17, 15) is 0 Å². The van der Waals surface area contributed by atoms with Gasteiger partial charge in [-0.05, 0) is 42.7 Å². The van der Waals surface area contributed by atoms with E-state index in [0.717, 1.165) is 60.0 Å². The van der Waals surface area contributed by atoms with Crippen LogP contribution in [-0.2, 0) is 6.42 Å². The summed E-state index contributed by atoms with van der Waals surface area (Å²) in [7, 11) is 0. The molecule has 2 bridgehead atoms. The highest BCUT2D eigenvalue weighted by Crippen LogP contribution is 2.34. The molecular weight excluding hydrogens is 396 g/mol. The lowest BCUT2D eigenvalue weighted by Gasteiger charge is -2.29. The van der Waals surface area contributed by atoms with Gasteiger partial charge in [0.2, 0.25) is 0 Å². The zero-order chi connectivity index (χ0) is 21.3. The van der Waals surface area contributed by atoms with Crippen molar-refractivity contribution < 1.29 is 0 Å². The monoisotopic (exact) mass is 422 g/mol. The number of hydrogen-bond acceptors (Lipinski definition) is 6. The summed E-state index contributed by atoms with van der Waals surface area (Å²) in [5, 5.41) is 8.16. The van der Waals surface area contributed by atoms with Crippen LogP contribution in [0, 0.1) is 0 Å². The highest BCUT2D eigenvalue weighted by molar-refractivity contribution is 5.91. The molecule has 6 rings (SSSR count). The highest BCUT2D eigenvalue weighted by Gasteiger charge is 2.39. The zero-order valence-corrected chi connectivity index (χ0v) is 17.9. The summed E-state index contributed by atoms with van der Waals surface area (Å²) in [6.07, 6.45) is 3.98. The molecule has 2 aliphatic rings. The van der Waals surface area contributed by atoms with Crippen LogP contribution in [0.15, 0.2) is 72.9 Å². The quantitative estimate of drug-likeness (QED) is 0.491. The minimum absolute atomic E-state index is 0.513. The number of benzene rings is 2. The van der Waals surface area contributed by atoms with Crippen molar-refractivity contribution in [3.8, 4) is 11.4 Å². The molecule has 0 amide bonds. The van der Waals surface area contributed by atoms with Gasteiger partial charge in [0.05, 0.1) is 5.52 Å². The number of aromatic nitrogens is 3. The molecule has 0 saturated carbocycles. The molecule has 4 heterocycles. The van der Waals surface area contributed by atoms with E-state index in [0.29, 0.717) is 12.1 Å². The summed E-state index contributed by atoms with van der Waals surface area (Å²) < 4.78 is 0. The van der Waals surface area contributed by atoms with Crippen LogP contribution in [0.1, 0.15) is 12.0 Å². The Hall–Kier alpha value is -3.51. The van der Waals surface area contributed by atoms with Gasteiger partial charge >= 0.3 is 0 Å². The molecular formula is C26H26N6. The fraction of sp³-hybridized carbons (Fsp3) is 0.269. The number of fused-ring (bicyclic) bond motifs is 3. The van der Waals surface area contributed by atoms with Crippen LogP contribution in [0.25, 0.3) is 22.3 Å². The second kappa shape index (κ2) is 8.20. The van der Waals surface area contributed by atoms with Gasteiger partial charge < -0.3 is 15.5 Å². The van der Waals surface area contributed by atoms with Crippen molar-refractivity contribution in [2.45, 2.75) is 24.9 Å². The Bertz CT molecular complexity index is 1240. The SMILES string of the molecule is c1ccc(CCNc2cc(-c3nc(N4CC5CC4CN5)c4ccccc4n3)ccn2)cc1. The van der Waals surface area contributed by atoms with E-state index in [-0.39, 0.29) is 0 Å². The third-order valence-corrected chi connectivity index (χ3v) is 6.49. The van der Waals surface area contributed by atoms with E-state index in [1.807, 2.05) is 24.4 Å². The topological polar surface area (TPSA) is 66.0 Å².